The zero-order valence-electron chi connectivity index (χ0n) is 12.6. The van der Waals surface area contributed by atoms with Crippen LogP contribution < -0.4 is 15.4 Å². The highest BCUT2D eigenvalue weighted by Crippen LogP contribution is 2.29. The Bertz CT molecular complexity index is 485. The van der Waals surface area contributed by atoms with Crippen LogP contribution in [0, 0.1) is 5.82 Å². The van der Waals surface area contributed by atoms with Crippen molar-refractivity contribution in [2.45, 2.75) is 38.6 Å². The second kappa shape index (κ2) is 7.41. The summed E-state index contributed by atoms with van der Waals surface area (Å²) in [7, 11) is 0. The largest absolute Gasteiger partial charge is 0.484 e. The van der Waals surface area contributed by atoms with E-state index in [1.54, 1.807) is 12.1 Å². The zero-order chi connectivity index (χ0) is 15.2. The third kappa shape index (κ3) is 4.70. The number of benzene rings is 1. The third-order valence-electron chi connectivity index (χ3n) is 3.57. The summed E-state index contributed by atoms with van der Waals surface area (Å²) in [5.41, 5.74) is 0.746. The van der Waals surface area contributed by atoms with Gasteiger partial charge >= 0.3 is 0 Å². The van der Waals surface area contributed by atoms with Gasteiger partial charge in [-0.3, -0.25) is 4.79 Å². The van der Waals surface area contributed by atoms with E-state index in [0.717, 1.165) is 31.5 Å². The molecule has 1 aromatic rings. The van der Waals surface area contributed by atoms with Crippen molar-refractivity contribution in [3.05, 3.63) is 29.6 Å². The molecular formula is C16H23FN2O2. The first-order chi connectivity index (χ1) is 10.1. The molecule has 0 radical (unpaired) electrons. The molecule has 0 saturated carbocycles. The molecule has 1 aliphatic heterocycles. The van der Waals surface area contributed by atoms with Crippen molar-refractivity contribution in [3.8, 4) is 5.75 Å². The van der Waals surface area contributed by atoms with Gasteiger partial charge in [0.15, 0.2) is 6.61 Å². The second-order valence-corrected chi connectivity index (χ2v) is 5.72. The number of hydrogen-bond donors (Lipinski definition) is 2. The summed E-state index contributed by atoms with van der Waals surface area (Å²) in [5.74, 6) is 0.213. The SMILES string of the molecule is CC(C)NC(=O)COc1ccc(C2CCNCC2)c(F)c1. The Morgan fingerprint density at radius 3 is 2.76 bits per heavy atom. The Morgan fingerprint density at radius 1 is 1.43 bits per heavy atom. The lowest BCUT2D eigenvalue weighted by Gasteiger charge is -2.23. The maximum absolute atomic E-state index is 14.2. The number of carbonyl (C=O) groups excluding carboxylic acids is 1. The van der Waals surface area contributed by atoms with Gasteiger partial charge in [-0.2, -0.15) is 0 Å². The minimum atomic E-state index is -0.247. The van der Waals surface area contributed by atoms with Crippen LogP contribution in [0.1, 0.15) is 38.2 Å². The van der Waals surface area contributed by atoms with Crippen LogP contribution in [0.2, 0.25) is 0 Å². The number of rotatable bonds is 5. The summed E-state index contributed by atoms with van der Waals surface area (Å²) in [6.45, 7) is 5.52. The molecule has 0 atom stereocenters. The van der Waals surface area contributed by atoms with E-state index in [9.17, 15) is 9.18 Å². The van der Waals surface area contributed by atoms with E-state index in [1.165, 1.54) is 6.07 Å². The molecule has 1 amide bonds. The zero-order valence-corrected chi connectivity index (χ0v) is 12.6. The van der Waals surface area contributed by atoms with Gasteiger partial charge in [0.1, 0.15) is 11.6 Å². The minimum absolute atomic E-state index is 0.0696. The molecule has 1 saturated heterocycles. The maximum atomic E-state index is 14.2. The van der Waals surface area contributed by atoms with Gasteiger partial charge in [0.2, 0.25) is 0 Å². The minimum Gasteiger partial charge on any atom is -0.484 e. The van der Waals surface area contributed by atoms with Crippen LogP contribution in [-0.2, 0) is 4.79 Å². The van der Waals surface area contributed by atoms with Gasteiger partial charge < -0.3 is 15.4 Å². The van der Waals surface area contributed by atoms with Gasteiger partial charge in [-0.25, -0.2) is 4.39 Å². The standard InChI is InChI=1S/C16H23FN2O2/c1-11(2)19-16(20)10-21-13-3-4-14(15(17)9-13)12-5-7-18-8-6-12/h3-4,9,11-12,18H,5-8,10H2,1-2H3,(H,19,20). The fourth-order valence-corrected chi connectivity index (χ4v) is 2.57. The summed E-state index contributed by atoms with van der Waals surface area (Å²) < 4.78 is 19.5. The summed E-state index contributed by atoms with van der Waals surface area (Å²) in [5, 5.41) is 6.00. The first-order valence-electron chi connectivity index (χ1n) is 7.48. The number of carbonyl (C=O) groups is 1. The predicted molar refractivity (Wildman–Crippen MR) is 80.0 cm³/mol. The van der Waals surface area contributed by atoms with Crippen molar-refractivity contribution < 1.29 is 13.9 Å². The maximum Gasteiger partial charge on any atom is 0.258 e. The number of ether oxygens (including phenoxy) is 1. The van der Waals surface area contributed by atoms with Crippen molar-refractivity contribution in [1.82, 2.24) is 10.6 Å². The van der Waals surface area contributed by atoms with E-state index >= 15 is 0 Å². The number of nitrogens with one attached hydrogen (secondary N) is 2. The van der Waals surface area contributed by atoms with Crippen LogP contribution in [0.15, 0.2) is 18.2 Å². The molecule has 1 aliphatic rings. The molecule has 0 spiro atoms. The number of piperidine rings is 1. The first kappa shape index (κ1) is 15.8. The van der Waals surface area contributed by atoms with Gasteiger partial charge in [-0.15, -0.1) is 0 Å². The van der Waals surface area contributed by atoms with Crippen LogP contribution >= 0.6 is 0 Å². The van der Waals surface area contributed by atoms with Crippen molar-refractivity contribution in [3.63, 3.8) is 0 Å². The summed E-state index contributed by atoms with van der Waals surface area (Å²) in [6, 6.07) is 4.96. The van der Waals surface area contributed by atoms with E-state index in [1.807, 2.05) is 13.8 Å². The van der Waals surface area contributed by atoms with Crippen molar-refractivity contribution >= 4 is 5.91 Å². The van der Waals surface area contributed by atoms with Crippen LogP contribution in [0.5, 0.6) is 5.75 Å². The molecule has 1 aromatic carbocycles. The highest BCUT2D eigenvalue weighted by Gasteiger charge is 2.19. The molecule has 0 bridgehead atoms. The molecule has 21 heavy (non-hydrogen) atoms. The van der Waals surface area contributed by atoms with Gasteiger partial charge in [0.05, 0.1) is 0 Å². The molecule has 2 rings (SSSR count). The average molecular weight is 294 g/mol. The lowest BCUT2D eigenvalue weighted by molar-refractivity contribution is -0.123. The topological polar surface area (TPSA) is 50.4 Å². The number of amides is 1. The molecule has 4 nitrogen and oxygen atoms in total. The smallest absolute Gasteiger partial charge is 0.258 e. The first-order valence-corrected chi connectivity index (χ1v) is 7.48. The van der Waals surface area contributed by atoms with Gasteiger partial charge in [-0.1, -0.05) is 6.07 Å². The molecule has 1 fully saturated rings. The monoisotopic (exact) mass is 294 g/mol. The number of hydrogen-bond acceptors (Lipinski definition) is 3. The Labute approximate surface area is 125 Å². The molecule has 1 heterocycles. The van der Waals surface area contributed by atoms with Gasteiger partial charge in [0, 0.05) is 12.1 Å². The fourth-order valence-electron chi connectivity index (χ4n) is 2.57. The summed E-state index contributed by atoms with van der Waals surface area (Å²) in [6.07, 6.45) is 1.90. The van der Waals surface area contributed by atoms with Crippen molar-refractivity contribution in [2.24, 2.45) is 0 Å². The van der Waals surface area contributed by atoms with Crippen LogP contribution in [0.25, 0.3) is 0 Å². The fraction of sp³-hybridized carbons (Fsp3) is 0.562. The molecule has 2 N–H and O–H groups in total. The van der Waals surface area contributed by atoms with E-state index in [4.69, 9.17) is 4.74 Å². The number of halogens is 1. The van der Waals surface area contributed by atoms with E-state index in [0.29, 0.717) is 5.75 Å². The van der Waals surface area contributed by atoms with E-state index in [2.05, 4.69) is 10.6 Å². The highest BCUT2D eigenvalue weighted by molar-refractivity contribution is 5.77. The predicted octanol–water partition coefficient (Wildman–Crippen LogP) is 2.20. The Hall–Kier alpha value is -1.62. The molecule has 0 unspecified atom stereocenters. The second-order valence-electron chi connectivity index (χ2n) is 5.72. The van der Waals surface area contributed by atoms with Crippen LogP contribution in [0.3, 0.4) is 0 Å². The molecule has 116 valence electrons. The molecule has 0 aromatic heterocycles. The Morgan fingerprint density at radius 2 is 2.14 bits per heavy atom. The highest BCUT2D eigenvalue weighted by atomic mass is 19.1. The molecule has 0 aliphatic carbocycles. The van der Waals surface area contributed by atoms with Crippen LogP contribution in [-0.4, -0.2) is 31.6 Å². The lowest BCUT2D eigenvalue weighted by Crippen LogP contribution is -2.34. The molecule has 5 heteroatoms. The third-order valence-corrected chi connectivity index (χ3v) is 3.57. The Balaban J connectivity index is 1.93. The molecular weight excluding hydrogens is 271 g/mol. The summed E-state index contributed by atoms with van der Waals surface area (Å²) in [4.78, 5) is 11.5. The average Bonchev–Trinajstić information content (AvgIpc) is 2.45. The van der Waals surface area contributed by atoms with Crippen LogP contribution in [0.4, 0.5) is 4.39 Å². The lowest BCUT2D eigenvalue weighted by atomic mass is 9.90. The van der Waals surface area contributed by atoms with E-state index < -0.39 is 0 Å². The summed E-state index contributed by atoms with van der Waals surface area (Å²) >= 11 is 0. The normalized spacial score (nSPS) is 16.0. The van der Waals surface area contributed by atoms with Crippen molar-refractivity contribution in [2.75, 3.05) is 19.7 Å². The quantitative estimate of drug-likeness (QED) is 0.875. The van der Waals surface area contributed by atoms with Crippen molar-refractivity contribution in [1.29, 1.82) is 0 Å². The Kier molecular flexibility index (Phi) is 5.56. The van der Waals surface area contributed by atoms with Gasteiger partial charge in [0.25, 0.3) is 5.91 Å². The van der Waals surface area contributed by atoms with Gasteiger partial charge in [-0.05, 0) is 57.3 Å². The van der Waals surface area contributed by atoms with E-state index in [-0.39, 0.29) is 30.3 Å².